The van der Waals surface area contributed by atoms with Crippen molar-refractivity contribution in [3.05, 3.63) is 132 Å². The summed E-state index contributed by atoms with van der Waals surface area (Å²) in [6.07, 6.45) is 9.80. The van der Waals surface area contributed by atoms with Gasteiger partial charge in [0, 0.05) is 66.6 Å². The summed E-state index contributed by atoms with van der Waals surface area (Å²) in [5, 5.41) is 59.3. The molecular weight excluding hydrogens is 1280 g/mol. The highest BCUT2D eigenvalue weighted by atomic mass is 35.5. The average molecular weight is 1360 g/mol. The molecule has 1 amide bonds. The number of alkyl carbamates (subject to hydrolysis) is 1. The predicted octanol–water partition coefficient (Wildman–Crippen LogP) is 12.7. The number of nitrogens with zero attached hydrogens (tertiary/aromatic N) is 4. The minimum atomic E-state index is -4.02. The van der Waals surface area contributed by atoms with Gasteiger partial charge in [0.1, 0.15) is 63.9 Å². The molecule has 25 nitrogen and oxygen atoms in total. The highest BCUT2D eigenvalue weighted by Crippen LogP contribution is 2.31. The van der Waals surface area contributed by atoms with Crippen molar-refractivity contribution in [2.75, 3.05) is 42.3 Å². The van der Waals surface area contributed by atoms with E-state index in [2.05, 4.69) is 41.2 Å². The summed E-state index contributed by atoms with van der Waals surface area (Å²) in [6.45, 7) is 7.24. The SMILES string of the molecule is CC(C)(C)OC(=O)NC/C(=C/F)COc1ccc2nc(NC3CCC(O)CC3)oc2c1.Cc1ccc(S(=O)(=O)O)cc1.NC/C(=C/F)COc1ccc2nc(NC3CCC(O)CC3)oc2c1.Oc1ccc2nc(Cl)oc2c1.Oc1ccc2nc(NC3CCC(O)CC3)oc2c1. The molecule has 0 spiro atoms. The van der Waals surface area contributed by atoms with E-state index in [9.17, 15) is 42.4 Å². The van der Waals surface area contributed by atoms with Crippen molar-refractivity contribution in [1.82, 2.24) is 25.3 Å². The van der Waals surface area contributed by atoms with Crippen LogP contribution in [0.1, 0.15) is 103 Å². The van der Waals surface area contributed by atoms with Crippen LogP contribution in [0.25, 0.3) is 44.4 Å². The second kappa shape index (κ2) is 34.1. The second-order valence-corrected chi connectivity index (χ2v) is 25.7. The standard InChI is InChI=1S/C22H30FN3O5.C17H22FN3O3.C13H16N2O3.C7H4ClNO2.C7H8O3S/c1-22(2,3)31-21(28)24-12-14(11-23)13-29-17-8-9-18-19(10-17)30-20(26-18)25-15-4-6-16(27)7-5-15;18-8-11(9-19)10-23-14-5-6-15-16(7-14)24-17(21-15)20-12-1-3-13(22)4-2-12;16-9-3-1-8(2-4-9)14-13-15-11-6-5-10(17)7-12(11)18-13;8-7-9-5-2-1-4(10)3-6(5)11-7;1-6-2-4-7(5-3-6)11(8,9)10/h8-11,15-16,27H,4-7,12-13H2,1-3H3,(H,24,28)(H,25,26);5-8,12-13,22H,1-4,9-10,19H2,(H,20,21);5-9,16-17H,1-4H2,(H,14,15);1-3,10H;2-5H,1H3,(H,8,9,10)/b14-11-;11-8-;;;. The number of anilines is 3. The number of carbonyl (C=O) groups is 1. The highest BCUT2D eigenvalue weighted by Gasteiger charge is 2.24. The zero-order chi connectivity index (χ0) is 68.2. The van der Waals surface area contributed by atoms with Gasteiger partial charge >= 0.3 is 6.09 Å². The summed E-state index contributed by atoms with van der Waals surface area (Å²) in [5.41, 5.74) is 11.4. The Morgan fingerprint density at radius 2 is 0.968 bits per heavy atom. The van der Waals surface area contributed by atoms with Crippen molar-refractivity contribution in [2.24, 2.45) is 5.73 Å². The fourth-order valence-corrected chi connectivity index (χ4v) is 10.6. The summed E-state index contributed by atoms with van der Waals surface area (Å²) in [4.78, 5) is 28.6. The molecule has 4 heterocycles. The van der Waals surface area contributed by atoms with Gasteiger partial charge in [0.05, 0.1) is 35.9 Å². The molecule has 3 fully saturated rings. The van der Waals surface area contributed by atoms with Crippen LogP contribution in [0.15, 0.2) is 143 Å². The number of amides is 1. The van der Waals surface area contributed by atoms with Crippen LogP contribution in [-0.4, -0.2) is 133 Å². The van der Waals surface area contributed by atoms with Crippen LogP contribution >= 0.6 is 11.6 Å². The van der Waals surface area contributed by atoms with Gasteiger partial charge in [0.15, 0.2) is 22.3 Å². The number of phenolic OH excluding ortho intramolecular Hbond substituents is 2. The molecule has 512 valence electrons. The summed E-state index contributed by atoms with van der Waals surface area (Å²) < 4.78 is 93.4. The maximum absolute atomic E-state index is 13.2. The Balaban J connectivity index is 0.000000160. The molecule has 0 unspecified atom stereocenters. The molecule has 3 aliphatic rings. The molecular formula is C66H80ClF2N9O16S. The number of phenols is 2. The lowest BCUT2D eigenvalue weighted by molar-refractivity contribution is 0.0531. The van der Waals surface area contributed by atoms with Crippen LogP contribution in [-0.2, 0) is 14.9 Å². The Hall–Kier alpha value is -8.77. The quantitative estimate of drug-likeness (QED) is 0.0400. The monoisotopic (exact) mass is 1360 g/mol. The van der Waals surface area contributed by atoms with Crippen LogP contribution in [0.3, 0.4) is 0 Å². The number of hydrogen-bond acceptors (Lipinski definition) is 23. The van der Waals surface area contributed by atoms with Gasteiger partial charge in [-0.1, -0.05) is 17.7 Å². The number of hydrogen-bond donors (Lipinski definition) is 11. The number of oxazole rings is 4. The maximum Gasteiger partial charge on any atom is 0.407 e. The molecule has 0 radical (unpaired) electrons. The number of benzene rings is 5. The third kappa shape index (κ3) is 23.3. The van der Waals surface area contributed by atoms with Gasteiger partial charge < -0.3 is 84.4 Å². The van der Waals surface area contributed by atoms with Gasteiger partial charge in [-0.2, -0.15) is 28.4 Å². The normalized spacial score (nSPS) is 19.2. The Bertz CT molecular complexity index is 4100. The van der Waals surface area contributed by atoms with Crippen LogP contribution in [0.4, 0.5) is 31.6 Å². The number of halogens is 3. The first kappa shape index (κ1) is 72.1. The van der Waals surface area contributed by atoms with Crippen LogP contribution < -0.4 is 36.5 Å². The zero-order valence-corrected chi connectivity index (χ0v) is 54.4. The number of aliphatic hydroxyl groups excluding tert-OH is 3. The molecule has 0 bridgehead atoms. The molecule has 4 aromatic heterocycles. The zero-order valence-electron chi connectivity index (χ0n) is 52.8. The number of ether oxygens (including phenoxy) is 3. The summed E-state index contributed by atoms with van der Waals surface area (Å²) in [7, 11) is -4.02. The fourth-order valence-electron chi connectivity index (χ4n) is 9.98. The average Bonchev–Trinajstić information content (AvgIpc) is 1.72. The van der Waals surface area contributed by atoms with Crippen LogP contribution in [0.5, 0.6) is 23.0 Å². The number of carbonyl (C=O) groups excluding carboxylic acids is 1. The lowest BCUT2D eigenvalue weighted by atomic mass is 9.93. The molecule has 0 aliphatic heterocycles. The van der Waals surface area contributed by atoms with Crippen molar-refractivity contribution in [3.63, 3.8) is 0 Å². The van der Waals surface area contributed by atoms with Gasteiger partial charge in [0.2, 0.25) is 0 Å². The smallest absolute Gasteiger partial charge is 0.407 e. The number of nitrogens with two attached hydrogens (primary N) is 1. The predicted molar refractivity (Wildman–Crippen MR) is 354 cm³/mol. The molecule has 12 rings (SSSR count). The third-order valence-electron chi connectivity index (χ3n) is 15.1. The molecule has 95 heavy (non-hydrogen) atoms. The molecule has 0 atom stereocenters. The van der Waals surface area contributed by atoms with Gasteiger partial charge in [-0.25, -0.2) is 13.6 Å². The van der Waals surface area contributed by atoms with E-state index in [1.807, 2.05) is 6.92 Å². The van der Waals surface area contributed by atoms with Crippen molar-refractivity contribution in [2.45, 2.75) is 152 Å². The fraction of sp³-hybridized carbons (Fsp3) is 0.409. The lowest BCUT2D eigenvalue weighted by Gasteiger charge is -2.25. The van der Waals surface area contributed by atoms with Crippen molar-refractivity contribution in [3.8, 4) is 23.0 Å². The van der Waals surface area contributed by atoms with E-state index in [4.69, 9.17) is 58.9 Å². The summed E-state index contributed by atoms with van der Waals surface area (Å²) in [6, 6.07) is 28.1. The number of aromatic nitrogens is 4. The van der Waals surface area contributed by atoms with Gasteiger partial charge in [-0.15, -0.1) is 0 Å². The summed E-state index contributed by atoms with van der Waals surface area (Å²) >= 11 is 5.48. The Morgan fingerprint density at radius 3 is 1.36 bits per heavy atom. The molecule has 9 aromatic rings. The Morgan fingerprint density at radius 1 is 0.589 bits per heavy atom. The summed E-state index contributed by atoms with van der Waals surface area (Å²) in [5.74, 6) is 1.38. The van der Waals surface area contributed by atoms with Crippen molar-refractivity contribution < 1.29 is 84.0 Å². The largest absolute Gasteiger partial charge is 0.508 e. The third-order valence-corrected chi connectivity index (χ3v) is 16.1. The van der Waals surface area contributed by atoms with Gasteiger partial charge in [0.25, 0.3) is 33.5 Å². The number of rotatable bonds is 16. The molecule has 0 saturated heterocycles. The van der Waals surface area contributed by atoms with Crippen LogP contribution in [0, 0.1) is 6.92 Å². The molecule has 5 aromatic carbocycles. The number of aliphatic hydroxyl groups is 3. The Labute approximate surface area is 551 Å². The number of nitrogens with one attached hydrogen (secondary N) is 4. The lowest BCUT2D eigenvalue weighted by Crippen LogP contribution is -2.34. The Kier molecular flexibility index (Phi) is 25.8. The van der Waals surface area contributed by atoms with E-state index in [0.29, 0.717) is 87.2 Å². The maximum atomic E-state index is 13.2. The van der Waals surface area contributed by atoms with E-state index in [0.717, 1.165) is 93.6 Å². The topological polar surface area (TPSA) is 379 Å². The first-order valence-corrected chi connectivity index (χ1v) is 32.7. The first-order valence-electron chi connectivity index (χ1n) is 30.9. The van der Waals surface area contributed by atoms with Crippen LogP contribution in [0.2, 0.25) is 5.35 Å². The molecule has 29 heteroatoms. The van der Waals surface area contributed by atoms with Gasteiger partial charge in [-0.05, 0) is 177 Å². The second-order valence-electron chi connectivity index (χ2n) is 24.0. The minimum Gasteiger partial charge on any atom is -0.508 e. The van der Waals surface area contributed by atoms with E-state index < -0.39 is 21.8 Å². The minimum absolute atomic E-state index is 0.0277. The number of aromatic hydroxyl groups is 2. The van der Waals surface area contributed by atoms with Crippen molar-refractivity contribution >= 4 is 90.3 Å². The number of aryl methyl sites for hydroxylation is 1. The van der Waals surface area contributed by atoms with Gasteiger partial charge in [-0.3, -0.25) is 4.55 Å². The van der Waals surface area contributed by atoms with E-state index >= 15 is 0 Å². The molecule has 12 N–H and O–H groups in total. The number of fused-ring (bicyclic) bond motifs is 4. The first-order chi connectivity index (χ1) is 45.3. The molecule has 3 saturated carbocycles. The highest BCUT2D eigenvalue weighted by molar-refractivity contribution is 7.85. The van der Waals surface area contributed by atoms with Crippen molar-refractivity contribution in [1.29, 1.82) is 0 Å². The van der Waals surface area contributed by atoms with E-state index in [1.54, 1.807) is 93.6 Å². The van der Waals surface area contributed by atoms with E-state index in [1.165, 1.54) is 24.3 Å². The molecule has 3 aliphatic carbocycles. The van der Waals surface area contributed by atoms with E-state index in [-0.39, 0.29) is 84.0 Å².